The number of halogens is 4. The molecule has 1 aromatic carbocycles. The number of nitrogens with one attached hydrogen (secondary N) is 3. The van der Waals surface area contributed by atoms with Crippen LogP contribution >= 0.6 is 11.9 Å². The molecule has 200 valence electrons. The van der Waals surface area contributed by atoms with Gasteiger partial charge in [-0.1, -0.05) is 0 Å². The van der Waals surface area contributed by atoms with Crippen LogP contribution in [-0.2, 0) is 16.6 Å². The first kappa shape index (κ1) is 26.8. The van der Waals surface area contributed by atoms with Gasteiger partial charge in [-0.2, -0.15) is 13.2 Å². The molecule has 2 aromatic rings. The number of aromatic nitrogens is 1. The van der Waals surface area contributed by atoms with Crippen molar-refractivity contribution in [3.8, 4) is 5.75 Å². The molecule has 4 rings (SSSR count). The van der Waals surface area contributed by atoms with Gasteiger partial charge in [0.15, 0.2) is 11.4 Å². The summed E-state index contributed by atoms with van der Waals surface area (Å²) in [6.45, 7) is 2.63. The Morgan fingerprint density at radius 2 is 1.97 bits per heavy atom. The van der Waals surface area contributed by atoms with Crippen LogP contribution in [0.15, 0.2) is 29.3 Å². The summed E-state index contributed by atoms with van der Waals surface area (Å²) in [5, 5.41) is 4.42. The number of fused-ring (bicyclic) bond motifs is 2. The molecule has 3 amide bonds. The molecule has 2 aliphatic rings. The van der Waals surface area contributed by atoms with Gasteiger partial charge in [0, 0.05) is 44.0 Å². The van der Waals surface area contributed by atoms with E-state index in [1.165, 1.54) is 35.0 Å². The fourth-order valence-electron chi connectivity index (χ4n) is 4.12. The topological polar surface area (TPSA) is 105 Å². The molecular weight excluding hydrogens is 518 g/mol. The van der Waals surface area contributed by atoms with Crippen LogP contribution in [0.2, 0.25) is 0 Å². The number of anilines is 1. The summed E-state index contributed by atoms with van der Waals surface area (Å²) >= 11 is 1.19. The number of rotatable bonds is 3. The minimum atomic E-state index is -4.66. The Kier molecular flexibility index (Phi) is 7.42. The number of amides is 3. The van der Waals surface area contributed by atoms with Crippen LogP contribution in [0, 0.1) is 18.7 Å². The summed E-state index contributed by atoms with van der Waals surface area (Å²) in [6, 6.07) is 1.76. The highest BCUT2D eigenvalue weighted by atomic mass is 32.2. The summed E-state index contributed by atoms with van der Waals surface area (Å²) in [5.41, 5.74) is 1.03. The molecule has 0 saturated carbocycles. The number of nitrogens with zero attached hydrogens (tertiary/aromatic N) is 2. The number of benzene rings is 1. The van der Waals surface area contributed by atoms with E-state index in [2.05, 4.69) is 10.0 Å². The van der Waals surface area contributed by atoms with Gasteiger partial charge < -0.3 is 24.8 Å². The molecule has 0 spiro atoms. The molecule has 1 saturated heterocycles. The predicted octanol–water partition coefficient (Wildman–Crippen LogP) is 2.61. The van der Waals surface area contributed by atoms with E-state index >= 15 is 0 Å². The summed E-state index contributed by atoms with van der Waals surface area (Å²) < 4.78 is 62.6. The fraction of sp³-hybridized carbons (Fsp3) is 0.435. The summed E-state index contributed by atoms with van der Waals surface area (Å²) in [5.74, 6) is -3.20. The zero-order chi connectivity index (χ0) is 27.1. The van der Waals surface area contributed by atoms with Gasteiger partial charge in [-0.3, -0.25) is 19.1 Å². The summed E-state index contributed by atoms with van der Waals surface area (Å²) in [6.07, 6.45) is -2.97. The van der Waals surface area contributed by atoms with E-state index in [1.807, 2.05) is 0 Å². The van der Waals surface area contributed by atoms with Crippen LogP contribution in [0.1, 0.15) is 23.0 Å². The predicted molar refractivity (Wildman–Crippen MR) is 127 cm³/mol. The highest BCUT2D eigenvalue weighted by Gasteiger charge is 2.42. The van der Waals surface area contributed by atoms with E-state index < -0.39 is 35.8 Å². The number of hydrogen-bond donors (Lipinski definition) is 3. The Bertz CT molecular complexity index is 1230. The molecule has 0 bridgehead atoms. The average Bonchev–Trinajstić information content (AvgIpc) is 3.35. The zero-order valence-electron chi connectivity index (χ0n) is 20.1. The Morgan fingerprint density at radius 3 is 2.65 bits per heavy atom. The molecule has 0 radical (unpaired) electrons. The average molecular weight is 544 g/mol. The lowest BCUT2D eigenvalue weighted by Crippen LogP contribution is -2.50. The maximum atomic E-state index is 13.6. The van der Waals surface area contributed by atoms with E-state index in [0.29, 0.717) is 21.9 Å². The van der Waals surface area contributed by atoms with Crippen molar-refractivity contribution in [3.63, 3.8) is 0 Å². The SMILES string of the molecule is Cc1cc(NC(=O)c2c3c(cn2C)SN[C@@H]2CN(C(=O)C(=O)N[C@H](C)C(F)(F)F)C[C@H]2CO3)ccc1F. The lowest BCUT2D eigenvalue weighted by atomic mass is 10.1. The van der Waals surface area contributed by atoms with E-state index in [9.17, 15) is 31.9 Å². The van der Waals surface area contributed by atoms with Gasteiger partial charge in [-0.15, -0.1) is 0 Å². The number of aryl methyl sites for hydroxylation is 2. The van der Waals surface area contributed by atoms with Crippen LogP contribution in [-0.4, -0.2) is 65.1 Å². The van der Waals surface area contributed by atoms with E-state index in [0.717, 1.165) is 6.92 Å². The number of ether oxygens (including phenoxy) is 1. The standard InChI is InChI=1S/C23H25F4N5O4S/c1-11-6-14(4-5-15(11)24)29-20(33)18-19-17(9-31(18)3)37-30-16-8-32(7-13(16)10-36-19)22(35)21(34)28-12(2)23(25,26)27/h4-6,9,12-13,16,30H,7-8,10H2,1-3H3,(H,28,34)(H,29,33)/t12-,13+,16-/m1/s1. The van der Waals surface area contributed by atoms with Crippen molar-refractivity contribution in [2.45, 2.75) is 37.0 Å². The third-order valence-electron chi connectivity index (χ3n) is 6.26. The fourth-order valence-corrected chi connectivity index (χ4v) is 5.12. The molecule has 2 aliphatic heterocycles. The minimum Gasteiger partial charge on any atom is -0.489 e. The first-order valence-corrected chi connectivity index (χ1v) is 12.1. The summed E-state index contributed by atoms with van der Waals surface area (Å²) in [7, 11) is 1.68. The highest BCUT2D eigenvalue weighted by molar-refractivity contribution is 7.97. The summed E-state index contributed by atoms with van der Waals surface area (Å²) in [4.78, 5) is 39.4. The van der Waals surface area contributed by atoms with Crippen LogP contribution in [0.5, 0.6) is 5.75 Å². The molecule has 9 nitrogen and oxygen atoms in total. The molecule has 1 fully saturated rings. The molecule has 1 aromatic heterocycles. The van der Waals surface area contributed by atoms with Gasteiger partial charge in [0.05, 0.1) is 11.5 Å². The van der Waals surface area contributed by atoms with Gasteiger partial charge in [0.2, 0.25) is 0 Å². The Labute approximate surface area is 214 Å². The van der Waals surface area contributed by atoms with Crippen molar-refractivity contribution < 1.29 is 36.7 Å². The van der Waals surface area contributed by atoms with Crippen LogP contribution in [0.25, 0.3) is 0 Å². The molecule has 3 N–H and O–H groups in total. The van der Waals surface area contributed by atoms with E-state index in [4.69, 9.17) is 4.74 Å². The van der Waals surface area contributed by atoms with E-state index in [1.54, 1.807) is 30.1 Å². The molecule has 3 atom stereocenters. The van der Waals surface area contributed by atoms with Crippen LogP contribution in [0.3, 0.4) is 0 Å². The monoisotopic (exact) mass is 543 g/mol. The maximum Gasteiger partial charge on any atom is 0.408 e. The third-order valence-corrected chi connectivity index (χ3v) is 7.19. The molecule has 37 heavy (non-hydrogen) atoms. The Balaban J connectivity index is 1.44. The number of carbonyl (C=O) groups is 3. The third kappa shape index (κ3) is 5.69. The maximum absolute atomic E-state index is 13.6. The van der Waals surface area contributed by atoms with Gasteiger partial charge >= 0.3 is 18.0 Å². The second kappa shape index (κ2) is 10.2. The van der Waals surface area contributed by atoms with Gasteiger partial charge in [-0.05, 0) is 49.6 Å². The molecular formula is C23H25F4N5O4S. The first-order valence-electron chi connectivity index (χ1n) is 11.3. The first-order chi connectivity index (χ1) is 17.3. The van der Waals surface area contributed by atoms with E-state index in [-0.39, 0.29) is 37.4 Å². The second-order valence-corrected chi connectivity index (χ2v) is 9.92. The van der Waals surface area contributed by atoms with Crippen molar-refractivity contribution in [2.24, 2.45) is 13.0 Å². The zero-order valence-corrected chi connectivity index (χ0v) is 20.9. The normalized spacial score (nSPS) is 20.1. The van der Waals surface area contributed by atoms with Gasteiger partial charge in [0.1, 0.15) is 11.9 Å². The number of carbonyl (C=O) groups excluding carboxylic acids is 3. The number of alkyl halides is 3. The molecule has 0 unspecified atom stereocenters. The Hall–Kier alpha value is -3.26. The van der Waals surface area contributed by atoms with Gasteiger partial charge in [-0.25, -0.2) is 4.39 Å². The van der Waals surface area contributed by atoms with Crippen molar-refractivity contribution in [1.29, 1.82) is 0 Å². The van der Waals surface area contributed by atoms with Crippen molar-refractivity contribution in [3.05, 3.63) is 41.5 Å². The van der Waals surface area contributed by atoms with Crippen molar-refractivity contribution in [2.75, 3.05) is 25.0 Å². The van der Waals surface area contributed by atoms with Gasteiger partial charge in [0.25, 0.3) is 5.91 Å². The van der Waals surface area contributed by atoms with Crippen LogP contribution < -0.4 is 20.1 Å². The number of hydrogen-bond acceptors (Lipinski definition) is 6. The lowest BCUT2D eigenvalue weighted by molar-refractivity contribution is -0.162. The quantitative estimate of drug-likeness (QED) is 0.313. The number of likely N-dealkylation sites (tertiary alicyclic amines) is 1. The lowest BCUT2D eigenvalue weighted by Gasteiger charge is -2.23. The molecule has 0 aliphatic carbocycles. The minimum absolute atomic E-state index is 0.0867. The van der Waals surface area contributed by atoms with Crippen molar-refractivity contribution in [1.82, 2.24) is 19.5 Å². The highest BCUT2D eigenvalue weighted by Crippen LogP contribution is 2.37. The molecule has 14 heteroatoms. The molecule has 3 heterocycles. The smallest absolute Gasteiger partial charge is 0.408 e. The second-order valence-electron chi connectivity index (χ2n) is 9.04. The van der Waals surface area contributed by atoms with Crippen molar-refractivity contribution >= 4 is 35.4 Å². The van der Waals surface area contributed by atoms with Crippen LogP contribution in [0.4, 0.5) is 23.2 Å². The Morgan fingerprint density at radius 1 is 1.24 bits per heavy atom. The largest absolute Gasteiger partial charge is 0.489 e.